The van der Waals surface area contributed by atoms with Crippen LogP contribution in [0.3, 0.4) is 0 Å². The van der Waals surface area contributed by atoms with Crippen LogP contribution in [0.5, 0.6) is 17.2 Å². The average Bonchev–Trinajstić information content (AvgIpc) is 3.38. The van der Waals surface area contributed by atoms with Gasteiger partial charge < -0.3 is 59.1 Å². The summed E-state index contributed by atoms with van der Waals surface area (Å²) in [5.74, 6) is -1.64. The summed E-state index contributed by atoms with van der Waals surface area (Å²) in [4.78, 5) is 25.2. The second-order valence-corrected chi connectivity index (χ2v) is 12.0. The summed E-state index contributed by atoms with van der Waals surface area (Å²) in [7, 11) is 0. The molecule has 260 valence electrons. The molecule has 9 atom stereocenters. The molecule has 2 saturated heterocycles. The number of phenolic OH excluding ortho intramolecular Hbond substituents is 1. The molecular weight excluding hydrogens is 644 g/mol. The van der Waals surface area contributed by atoms with Crippen molar-refractivity contribution >= 4 is 17.8 Å². The number of phenols is 1. The number of aliphatic hydroxyl groups is 5. The predicted molar refractivity (Wildman–Crippen MR) is 167 cm³/mol. The van der Waals surface area contributed by atoms with Crippen LogP contribution in [-0.4, -0.2) is 111 Å². The zero-order chi connectivity index (χ0) is 34.7. The van der Waals surface area contributed by atoms with E-state index in [4.69, 9.17) is 28.4 Å². The highest BCUT2D eigenvalue weighted by molar-refractivity contribution is 6.02. The number of aliphatic hydroxyl groups excluding tert-OH is 4. The van der Waals surface area contributed by atoms with Gasteiger partial charge >= 0.3 is 5.97 Å². The van der Waals surface area contributed by atoms with Crippen molar-refractivity contribution in [2.24, 2.45) is 0 Å². The van der Waals surface area contributed by atoms with Crippen molar-refractivity contribution in [3.63, 3.8) is 0 Å². The molecule has 3 aliphatic heterocycles. The molecule has 0 radical (unpaired) electrons. The molecule has 0 aliphatic carbocycles. The van der Waals surface area contributed by atoms with Gasteiger partial charge in [0.15, 0.2) is 23.8 Å². The number of carbonyl (C=O) groups excluding carboxylic acids is 2. The fraction of sp³-hybridized carbons (Fsp3) is 0.371. The second-order valence-electron chi connectivity index (χ2n) is 12.0. The number of ether oxygens (including phenoxy) is 6. The molecule has 49 heavy (non-hydrogen) atoms. The third-order valence-electron chi connectivity index (χ3n) is 8.49. The topological polar surface area (TPSA) is 211 Å². The van der Waals surface area contributed by atoms with Gasteiger partial charge in [-0.15, -0.1) is 0 Å². The molecule has 0 bridgehead atoms. The van der Waals surface area contributed by atoms with Crippen LogP contribution in [0.15, 0.2) is 78.9 Å². The van der Waals surface area contributed by atoms with Crippen molar-refractivity contribution in [3.05, 3.63) is 95.6 Å². The summed E-state index contributed by atoms with van der Waals surface area (Å²) in [5, 5.41) is 64.1. The molecule has 3 heterocycles. The number of Topliss-reactive ketones (excluding diaryl/α,β-unsaturated/α-hetero) is 1. The molecule has 6 rings (SSSR count). The predicted octanol–water partition coefficient (Wildman–Crippen LogP) is 1.01. The number of hydrogen-bond donors (Lipinski definition) is 6. The zero-order valence-corrected chi connectivity index (χ0v) is 26.0. The van der Waals surface area contributed by atoms with Crippen molar-refractivity contribution in [2.45, 2.75) is 61.2 Å². The molecule has 3 aliphatic rings. The summed E-state index contributed by atoms with van der Waals surface area (Å²) in [6.07, 6.45) is -9.36. The van der Waals surface area contributed by atoms with Crippen molar-refractivity contribution in [1.29, 1.82) is 0 Å². The fourth-order valence-electron chi connectivity index (χ4n) is 5.79. The molecule has 0 saturated carbocycles. The summed E-state index contributed by atoms with van der Waals surface area (Å²) in [5.41, 5.74) is -0.658. The maximum atomic E-state index is 13.0. The first-order valence-corrected chi connectivity index (χ1v) is 15.5. The molecule has 3 aromatic carbocycles. The zero-order valence-electron chi connectivity index (χ0n) is 26.0. The molecular formula is C35H36O14. The number of aromatic hydroxyl groups is 1. The van der Waals surface area contributed by atoms with Gasteiger partial charge in [-0.3, -0.25) is 4.79 Å². The van der Waals surface area contributed by atoms with Crippen LogP contribution < -0.4 is 9.47 Å². The molecule has 0 aromatic heterocycles. The number of benzene rings is 3. The maximum Gasteiger partial charge on any atom is 0.330 e. The van der Waals surface area contributed by atoms with E-state index in [9.17, 15) is 40.2 Å². The van der Waals surface area contributed by atoms with Crippen molar-refractivity contribution in [2.75, 3.05) is 19.8 Å². The van der Waals surface area contributed by atoms with Gasteiger partial charge in [0.25, 0.3) is 0 Å². The quantitative estimate of drug-likeness (QED) is 0.130. The van der Waals surface area contributed by atoms with Gasteiger partial charge in [0.2, 0.25) is 6.29 Å². The molecule has 0 spiro atoms. The Morgan fingerprint density at radius 1 is 0.980 bits per heavy atom. The molecule has 6 N–H and O–H groups in total. The van der Waals surface area contributed by atoms with Crippen molar-refractivity contribution < 1.29 is 68.6 Å². The number of fused-ring (bicyclic) bond motifs is 1. The van der Waals surface area contributed by atoms with E-state index >= 15 is 0 Å². The largest absolute Gasteiger partial charge is 0.507 e. The molecule has 3 aromatic rings. The molecule has 14 heteroatoms. The highest BCUT2D eigenvalue weighted by Crippen LogP contribution is 2.43. The third kappa shape index (κ3) is 7.46. The third-order valence-corrected chi connectivity index (χ3v) is 8.49. The van der Waals surface area contributed by atoms with Crippen molar-refractivity contribution in [3.8, 4) is 17.2 Å². The second kappa shape index (κ2) is 14.6. The standard InChI is InChI=1S/C35H36O14/c36-16-26-29(40)30(41)31(49-34-32(42)35(43,18-45-34)17-44-27(39)12-11-19-7-3-1-4-8-19)33(48-26)46-21-13-22(37)28-23(38)15-24(47-25(28)14-21)20-9-5-2-6-10-20/h1-14,24,26,29-34,36-37,40-43H,15-18H2/t24-,26-,29-,30+,31-,32+,33-,34+,35+/m0/s1. The smallest absolute Gasteiger partial charge is 0.330 e. The minimum atomic E-state index is -2.10. The number of carbonyl (C=O) groups is 2. The lowest BCUT2D eigenvalue weighted by molar-refractivity contribution is -0.318. The van der Waals surface area contributed by atoms with E-state index in [1.54, 1.807) is 48.5 Å². The Balaban J connectivity index is 1.16. The van der Waals surface area contributed by atoms with Crippen LogP contribution in [0, 0.1) is 0 Å². The lowest BCUT2D eigenvalue weighted by Gasteiger charge is -2.42. The summed E-state index contributed by atoms with van der Waals surface area (Å²) in [6.45, 7) is -1.91. The van der Waals surface area contributed by atoms with Crippen LogP contribution >= 0.6 is 0 Å². The molecule has 14 nitrogen and oxygen atoms in total. The summed E-state index contributed by atoms with van der Waals surface area (Å²) >= 11 is 0. The Morgan fingerprint density at radius 3 is 2.41 bits per heavy atom. The fourth-order valence-corrected chi connectivity index (χ4v) is 5.79. The lowest BCUT2D eigenvalue weighted by atomic mass is 9.95. The normalized spacial score (nSPS) is 31.2. The minimum Gasteiger partial charge on any atom is -0.507 e. The van der Waals surface area contributed by atoms with E-state index in [1.165, 1.54) is 12.1 Å². The van der Waals surface area contributed by atoms with Gasteiger partial charge in [0.05, 0.1) is 19.6 Å². The van der Waals surface area contributed by atoms with Crippen LogP contribution in [0.25, 0.3) is 6.08 Å². The summed E-state index contributed by atoms with van der Waals surface area (Å²) < 4.78 is 34.0. The Morgan fingerprint density at radius 2 is 1.69 bits per heavy atom. The monoisotopic (exact) mass is 680 g/mol. The van der Waals surface area contributed by atoms with Gasteiger partial charge in [-0.2, -0.15) is 0 Å². The van der Waals surface area contributed by atoms with E-state index in [1.807, 2.05) is 12.1 Å². The number of rotatable bonds is 10. The van der Waals surface area contributed by atoms with Crippen molar-refractivity contribution in [1.82, 2.24) is 0 Å². The average molecular weight is 681 g/mol. The van der Waals surface area contributed by atoms with Crippen LogP contribution in [0.4, 0.5) is 0 Å². The Labute approximate surface area is 280 Å². The number of esters is 1. The highest BCUT2D eigenvalue weighted by Gasteiger charge is 2.54. The first-order chi connectivity index (χ1) is 23.6. The van der Waals surface area contributed by atoms with Gasteiger partial charge in [-0.25, -0.2) is 4.79 Å². The molecule has 0 amide bonds. The minimum absolute atomic E-state index is 0.00562. The van der Waals surface area contributed by atoms with Gasteiger partial charge in [-0.1, -0.05) is 60.7 Å². The maximum absolute atomic E-state index is 13.0. The van der Waals surface area contributed by atoms with E-state index in [0.717, 1.165) is 23.3 Å². The molecule has 2 fully saturated rings. The van der Waals surface area contributed by atoms with Gasteiger partial charge in [0.1, 0.15) is 59.9 Å². The van der Waals surface area contributed by atoms with Crippen LogP contribution in [-0.2, 0) is 23.7 Å². The van der Waals surface area contributed by atoms with E-state index in [2.05, 4.69) is 0 Å². The van der Waals surface area contributed by atoms with Gasteiger partial charge in [-0.05, 0) is 17.2 Å². The number of hydrogen-bond acceptors (Lipinski definition) is 14. The Kier molecular flexibility index (Phi) is 10.3. The first-order valence-electron chi connectivity index (χ1n) is 15.5. The Hall–Kier alpha value is -4.38. The van der Waals surface area contributed by atoms with E-state index in [-0.39, 0.29) is 29.3 Å². The SMILES string of the molecule is O=C(C=Cc1ccccc1)OC[C@@]1(O)CO[C@H](O[C@@H]2[C@@H](Oc3cc(O)c4c(c3)O[C@H](c3ccccc3)CC4=O)O[C@@H](CO)[C@H](O)[C@H]2O)[C@H]1O. The van der Waals surface area contributed by atoms with Crippen LogP contribution in [0.1, 0.15) is 34.0 Å². The first kappa shape index (κ1) is 34.5. The van der Waals surface area contributed by atoms with Gasteiger partial charge in [0, 0.05) is 18.2 Å². The lowest BCUT2D eigenvalue weighted by Crippen LogP contribution is -2.62. The van der Waals surface area contributed by atoms with Crippen LogP contribution in [0.2, 0.25) is 0 Å². The van der Waals surface area contributed by atoms with E-state index < -0.39 is 86.3 Å². The molecule has 0 unspecified atom stereocenters. The Bertz CT molecular complexity index is 1650. The summed E-state index contributed by atoms with van der Waals surface area (Å²) in [6, 6.07) is 20.5. The van der Waals surface area contributed by atoms with E-state index in [0.29, 0.717) is 0 Å². The number of ketones is 1. The highest BCUT2D eigenvalue weighted by atomic mass is 16.8.